The van der Waals surface area contributed by atoms with Gasteiger partial charge in [-0.2, -0.15) is 5.10 Å². The zero-order chi connectivity index (χ0) is 12.8. The van der Waals surface area contributed by atoms with Crippen molar-refractivity contribution in [1.29, 1.82) is 0 Å². The van der Waals surface area contributed by atoms with Crippen LogP contribution < -0.4 is 5.32 Å². The van der Waals surface area contributed by atoms with Crippen LogP contribution in [0.25, 0.3) is 5.69 Å². The van der Waals surface area contributed by atoms with E-state index in [0.717, 1.165) is 17.8 Å². The monoisotopic (exact) mass is 243 g/mol. The van der Waals surface area contributed by atoms with Gasteiger partial charge < -0.3 is 5.32 Å². The Bertz CT molecular complexity index is 462. The van der Waals surface area contributed by atoms with E-state index in [-0.39, 0.29) is 0 Å². The summed E-state index contributed by atoms with van der Waals surface area (Å²) in [6.07, 6.45) is 7.32. The minimum Gasteiger partial charge on any atom is -0.381 e. The molecule has 0 aliphatic heterocycles. The topological polar surface area (TPSA) is 29.9 Å². The maximum Gasteiger partial charge on any atom is 0.0876 e. The molecule has 2 aromatic rings. The lowest BCUT2D eigenvalue weighted by Crippen LogP contribution is -2.19. The summed E-state index contributed by atoms with van der Waals surface area (Å²) in [7, 11) is 0. The quantitative estimate of drug-likeness (QED) is 0.834. The zero-order valence-electron chi connectivity index (χ0n) is 11.1. The standard InChI is InChI=1S/C15H21N3/c1-3-8-13(4-2)17-14-9-5-6-10-15(14)18-12-7-11-16-18/h5-7,9-13,17H,3-4,8H2,1-2H3. The van der Waals surface area contributed by atoms with Gasteiger partial charge in [-0.3, -0.25) is 0 Å². The van der Waals surface area contributed by atoms with Crippen LogP contribution in [0.5, 0.6) is 0 Å². The largest absolute Gasteiger partial charge is 0.381 e. The van der Waals surface area contributed by atoms with Crippen molar-refractivity contribution in [3.63, 3.8) is 0 Å². The molecule has 0 radical (unpaired) electrons. The first-order valence-electron chi connectivity index (χ1n) is 6.70. The SMILES string of the molecule is CCCC(CC)Nc1ccccc1-n1cccn1. The van der Waals surface area contributed by atoms with Gasteiger partial charge in [0.2, 0.25) is 0 Å². The third-order valence-electron chi connectivity index (χ3n) is 3.14. The Labute approximate surface area is 109 Å². The fourth-order valence-corrected chi connectivity index (χ4v) is 2.15. The molecule has 0 aliphatic carbocycles. The highest BCUT2D eigenvalue weighted by Crippen LogP contribution is 2.21. The van der Waals surface area contributed by atoms with E-state index in [9.17, 15) is 0 Å². The molecule has 1 aromatic heterocycles. The fourth-order valence-electron chi connectivity index (χ4n) is 2.15. The summed E-state index contributed by atoms with van der Waals surface area (Å²) in [4.78, 5) is 0. The first kappa shape index (κ1) is 12.7. The summed E-state index contributed by atoms with van der Waals surface area (Å²) in [5.41, 5.74) is 2.26. The molecule has 1 unspecified atom stereocenters. The average molecular weight is 243 g/mol. The van der Waals surface area contributed by atoms with Crippen molar-refractivity contribution in [3.05, 3.63) is 42.7 Å². The molecular formula is C15H21N3. The molecule has 1 aromatic carbocycles. The molecule has 2 rings (SSSR count). The predicted molar refractivity (Wildman–Crippen MR) is 76.2 cm³/mol. The molecule has 3 heteroatoms. The third-order valence-corrected chi connectivity index (χ3v) is 3.14. The van der Waals surface area contributed by atoms with E-state index in [4.69, 9.17) is 0 Å². The highest BCUT2D eigenvalue weighted by Gasteiger charge is 2.09. The molecule has 1 atom stereocenters. The normalized spacial score (nSPS) is 12.3. The first-order valence-corrected chi connectivity index (χ1v) is 6.70. The van der Waals surface area contributed by atoms with Gasteiger partial charge in [0.1, 0.15) is 0 Å². The van der Waals surface area contributed by atoms with E-state index >= 15 is 0 Å². The number of para-hydroxylation sites is 2. The van der Waals surface area contributed by atoms with Gasteiger partial charge in [-0.05, 0) is 31.0 Å². The highest BCUT2D eigenvalue weighted by molar-refractivity contribution is 5.61. The lowest BCUT2D eigenvalue weighted by atomic mass is 10.1. The smallest absolute Gasteiger partial charge is 0.0876 e. The van der Waals surface area contributed by atoms with Gasteiger partial charge in [-0.15, -0.1) is 0 Å². The number of nitrogens with zero attached hydrogens (tertiary/aromatic N) is 2. The van der Waals surface area contributed by atoms with E-state index in [1.54, 1.807) is 6.20 Å². The number of hydrogen-bond acceptors (Lipinski definition) is 2. The number of aromatic nitrogens is 2. The minimum atomic E-state index is 0.534. The van der Waals surface area contributed by atoms with Gasteiger partial charge in [0, 0.05) is 18.4 Å². The van der Waals surface area contributed by atoms with Crippen LogP contribution in [0.2, 0.25) is 0 Å². The first-order chi connectivity index (χ1) is 8.85. The molecule has 0 aliphatic rings. The summed E-state index contributed by atoms with van der Waals surface area (Å²) < 4.78 is 1.90. The molecule has 0 spiro atoms. The Morgan fingerprint density at radius 1 is 1.22 bits per heavy atom. The molecule has 96 valence electrons. The van der Waals surface area contributed by atoms with Crippen molar-refractivity contribution in [3.8, 4) is 5.69 Å². The van der Waals surface area contributed by atoms with Crippen LogP contribution in [-0.2, 0) is 0 Å². The van der Waals surface area contributed by atoms with Gasteiger partial charge in [0.15, 0.2) is 0 Å². The lowest BCUT2D eigenvalue weighted by molar-refractivity contribution is 0.622. The fraction of sp³-hybridized carbons (Fsp3) is 0.400. The van der Waals surface area contributed by atoms with Crippen molar-refractivity contribution in [2.24, 2.45) is 0 Å². The molecule has 0 amide bonds. The predicted octanol–water partition coefficient (Wildman–Crippen LogP) is 3.86. The number of hydrogen-bond donors (Lipinski definition) is 1. The van der Waals surface area contributed by atoms with Crippen LogP contribution in [0.1, 0.15) is 33.1 Å². The van der Waals surface area contributed by atoms with Crippen LogP contribution in [-0.4, -0.2) is 15.8 Å². The Balaban J connectivity index is 2.22. The van der Waals surface area contributed by atoms with Crippen LogP contribution in [0.15, 0.2) is 42.7 Å². The van der Waals surface area contributed by atoms with Crippen LogP contribution in [0.4, 0.5) is 5.69 Å². The maximum absolute atomic E-state index is 4.30. The number of nitrogens with one attached hydrogen (secondary N) is 1. The molecule has 3 nitrogen and oxygen atoms in total. The Kier molecular flexibility index (Phi) is 4.40. The summed E-state index contributed by atoms with van der Waals surface area (Å²) in [5, 5.41) is 7.93. The van der Waals surface area contributed by atoms with E-state index in [2.05, 4.69) is 42.5 Å². The second kappa shape index (κ2) is 6.24. The molecular weight excluding hydrogens is 222 g/mol. The number of benzene rings is 1. The van der Waals surface area contributed by atoms with Gasteiger partial charge in [0.05, 0.1) is 11.4 Å². The van der Waals surface area contributed by atoms with E-state index in [1.165, 1.54) is 12.8 Å². The molecule has 0 saturated carbocycles. The highest BCUT2D eigenvalue weighted by atomic mass is 15.3. The average Bonchev–Trinajstić information content (AvgIpc) is 2.92. The van der Waals surface area contributed by atoms with Crippen molar-refractivity contribution in [2.45, 2.75) is 39.2 Å². The van der Waals surface area contributed by atoms with Crippen LogP contribution >= 0.6 is 0 Å². The van der Waals surface area contributed by atoms with Crippen LogP contribution in [0.3, 0.4) is 0 Å². The minimum absolute atomic E-state index is 0.534. The summed E-state index contributed by atoms with van der Waals surface area (Å²) in [6.45, 7) is 4.45. The van der Waals surface area contributed by atoms with E-state index in [0.29, 0.717) is 6.04 Å². The van der Waals surface area contributed by atoms with Crippen molar-refractivity contribution < 1.29 is 0 Å². The second-order valence-electron chi connectivity index (χ2n) is 4.51. The Morgan fingerprint density at radius 3 is 2.72 bits per heavy atom. The summed E-state index contributed by atoms with van der Waals surface area (Å²) >= 11 is 0. The molecule has 1 heterocycles. The van der Waals surface area contributed by atoms with Gasteiger partial charge in [0.25, 0.3) is 0 Å². The number of anilines is 1. The van der Waals surface area contributed by atoms with Gasteiger partial charge in [-0.25, -0.2) is 4.68 Å². The van der Waals surface area contributed by atoms with E-state index < -0.39 is 0 Å². The van der Waals surface area contributed by atoms with Gasteiger partial charge in [-0.1, -0.05) is 32.4 Å². The van der Waals surface area contributed by atoms with Crippen molar-refractivity contribution in [2.75, 3.05) is 5.32 Å². The maximum atomic E-state index is 4.30. The summed E-state index contributed by atoms with van der Waals surface area (Å²) in [5.74, 6) is 0. The van der Waals surface area contributed by atoms with Gasteiger partial charge >= 0.3 is 0 Å². The molecule has 1 N–H and O–H groups in total. The molecule has 0 fully saturated rings. The second-order valence-corrected chi connectivity index (χ2v) is 4.51. The Hall–Kier alpha value is -1.77. The lowest BCUT2D eigenvalue weighted by Gasteiger charge is -2.19. The summed E-state index contributed by atoms with van der Waals surface area (Å²) in [6, 6.07) is 10.8. The Morgan fingerprint density at radius 2 is 2.06 bits per heavy atom. The molecule has 0 saturated heterocycles. The number of rotatable bonds is 6. The zero-order valence-corrected chi connectivity index (χ0v) is 11.1. The molecule has 18 heavy (non-hydrogen) atoms. The van der Waals surface area contributed by atoms with Crippen molar-refractivity contribution in [1.82, 2.24) is 9.78 Å². The van der Waals surface area contributed by atoms with E-state index in [1.807, 2.05) is 23.0 Å². The molecule has 0 bridgehead atoms. The third kappa shape index (κ3) is 2.92. The van der Waals surface area contributed by atoms with Crippen LogP contribution in [0, 0.1) is 0 Å². The van der Waals surface area contributed by atoms with Crippen molar-refractivity contribution >= 4 is 5.69 Å².